The van der Waals surface area contributed by atoms with Crippen molar-refractivity contribution in [1.82, 2.24) is 10.2 Å². The van der Waals surface area contributed by atoms with Crippen molar-refractivity contribution in [2.24, 2.45) is 0 Å². The lowest BCUT2D eigenvalue weighted by molar-refractivity contribution is -0.140. The second-order valence-electron chi connectivity index (χ2n) is 11.2. The summed E-state index contributed by atoms with van der Waals surface area (Å²) in [5, 5.41) is 3.72. The summed E-state index contributed by atoms with van der Waals surface area (Å²) in [6.45, 7) is 4.10. The van der Waals surface area contributed by atoms with E-state index >= 15 is 0 Å². The summed E-state index contributed by atoms with van der Waals surface area (Å²) in [4.78, 5) is 30.9. The molecule has 4 aromatic rings. The predicted octanol–water partition coefficient (Wildman–Crippen LogP) is 7.87. The van der Waals surface area contributed by atoms with Crippen molar-refractivity contribution >= 4 is 62.5 Å². The Kier molecular flexibility index (Phi) is 14.3. The molecule has 0 saturated heterocycles. The minimum Gasteiger partial charge on any atom is -0.494 e. The van der Waals surface area contributed by atoms with E-state index in [0.29, 0.717) is 34.5 Å². The van der Waals surface area contributed by atoms with E-state index < -0.39 is 28.5 Å². The Labute approximate surface area is 303 Å². The average molecular weight is 743 g/mol. The smallest absolute Gasteiger partial charge is 0.264 e. The number of benzene rings is 4. The summed E-state index contributed by atoms with van der Waals surface area (Å²) in [7, 11) is -4.25. The average Bonchev–Trinajstić information content (AvgIpc) is 3.10. The van der Waals surface area contributed by atoms with Gasteiger partial charge in [0.25, 0.3) is 10.0 Å². The van der Waals surface area contributed by atoms with Gasteiger partial charge in [-0.15, -0.1) is 11.8 Å². The molecule has 0 heterocycles. The molecule has 1 atom stereocenters. The van der Waals surface area contributed by atoms with Crippen molar-refractivity contribution in [2.45, 2.75) is 55.5 Å². The van der Waals surface area contributed by atoms with Gasteiger partial charge in [-0.25, -0.2) is 8.42 Å². The molecule has 0 bridgehead atoms. The third-order valence-electron chi connectivity index (χ3n) is 7.82. The van der Waals surface area contributed by atoms with Crippen LogP contribution in [0.4, 0.5) is 5.69 Å². The molecule has 0 radical (unpaired) electrons. The maximum absolute atomic E-state index is 14.7. The van der Waals surface area contributed by atoms with Crippen LogP contribution in [0.5, 0.6) is 5.75 Å². The molecule has 0 spiro atoms. The second-order valence-corrected chi connectivity index (χ2v) is 14.8. The molecule has 0 aliphatic rings. The molecule has 2 amide bonds. The molecule has 8 nitrogen and oxygen atoms in total. The van der Waals surface area contributed by atoms with Gasteiger partial charge in [0.15, 0.2) is 0 Å². The fourth-order valence-corrected chi connectivity index (χ4v) is 7.46. The van der Waals surface area contributed by atoms with Gasteiger partial charge in [-0.05, 0) is 91.4 Å². The lowest BCUT2D eigenvalue weighted by Gasteiger charge is -2.34. The molecule has 12 heteroatoms. The van der Waals surface area contributed by atoms with E-state index in [1.807, 2.05) is 50.4 Å². The summed E-state index contributed by atoms with van der Waals surface area (Å²) < 4.78 is 35.3. The number of hydrogen-bond acceptors (Lipinski definition) is 6. The highest BCUT2D eigenvalue weighted by atomic mass is 35.5. The van der Waals surface area contributed by atoms with Gasteiger partial charge in [-0.1, -0.05) is 72.9 Å². The minimum atomic E-state index is -4.25. The van der Waals surface area contributed by atoms with E-state index in [-0.39, 0.29) is 29.5 Å². The number of carbonyl (C=O) groups is 2. The van der Waals surface area contributed by atoms with Crippen molar-refractivity contribution < 1.29 is 22.7 Å². The number of carbonyl (C=O) groups excluding carboxylic acids is 2. The normalized spacial score (nSPS) is 11.9. The first-order valence-electron chi connectivity index (χ1n) is 16.0. The number of nitrogens with one attached hydrogen (secondary N) is 1. The van der Waals surface area contributed by atoms with Gasteiger partial charge in [0.2, 0.25) is 11.8 Å². The van der Waals surface area contributed by atoms with Crippen LogP contribution in [0.25, 0.3) is 0 Å². The van der Waals surface area contributed by atoms with Crippen LogP contribution in [0.1, 0.15) is 37.8 Å². The van der Waals surface area contributed by atoms with Crippen LogP contribution in [0.3, 0.4) is 0 Å². The van der Waals surface area contributed by atoms with Crippen LogP contribution in [-0.2, 0) is 32.6 Å². The molecule has 1 N–H and O–H groups in total. The first-order valence-corrected chi connectivity index (χ1v) is 19.4. The number of anilines is 1. The van der Waals surface area contributed by atoms with Crippen LogP contribution in [-0.4, -0.2) is 57.1 Å². The van der Waals surface area contributed by atoms with E-state index in [1.165, 1.54) is 28.8 Å². The van der Waals surface area contributed by atoms with E-state index in [1.54, 1.807) is 54.6 Å². The SMILES string of the molecule is CCCCNC(=O)C(Cc1ccccc1)N(Cc1ccc(Cl)cc1Cl)C(=O)CN(c1ccc(OCC)cc1)S(=O)(=O)c1ccc(SC)cc1. The molecule has 0 aliphatic heterocycles. The topological polar surface area (TPSA) is 96.0 Å². The molecule has 0 saturated carbocycles. The number of ether oxygens (including phenoxy) is 1. The second kappa shape index (κ2) is 18.3. The van der Waals surface area contributed by atoms with Crippen molar-refractivity contribution in [2.75, 3.05) is 30.3 Å². The number of sulfonamides is 1. The van der Waals surface area contributed by atoms with E-state index in [0.717, 1.165) is 27.6 Å². The Balaban J connectivity index is 1.81. The molecular formula is C37H41Cl2N3O5S2. The summed E-state index contributed by atoms with van der Waals surface area (Å²) >= 11 is 14.3. The fourth-order valence-electron chi connectivity index (χ4n) is 5.17. The van der Waals surface area contributed by atoms with Gasteiger partial charge in [0.1, 0.15) is 18.3 Å². The fraction of sp³-hybridized carbons (Fsp3) is 0.297. The Bertz CT molecular complexity index is 1790. The zero-order valence-corrected chi connectivity index (χ0v) is 30.9. The Hall–Kier alpha value is -3.70. The van der Waals surface area contributed by atoms with Crippen LogP contribution in [0, 0.1) is 0 Å². The largest absolute Gasteiger partial charge is 0.494 e. The third kappa shape index (κ3) is 10.4. The molecule has 0 aromatic heterocycles. The van der Waals surface area contributed by atoms with Gasteiger partial charge in [0.05, 0.1) is 17.2 Å². The van der Waals surface area contributed by atoms with Gasteiger partial charge in [0, 0.05) is 34.5 Å². The quantitative estimate of drug-likeness (QED) is 0.0875. The van der Waals surface area contributed by atoms with Gasteiger partial charge in [-0.3, -0.25) is 13.9 Å². The maximum atomic E-state index is 14.7. The lowest BCUT2D eigenvalue weighted by atomic mass is 10.0. The Morgan fingerprint density at radius 3 is 2.22 bits per heavy atom. The van der Waals surface area contributed by atoms with E-state index in [4.69, 9.17) is 27.9 Å². The number of hydrogen-bond donors (Lipinski definition) is 1. The zero-order valence-electron chi connectivity index (χ0n) is 27.8. The summed E-state index contributed by atoms with van der Waals surface area (Å²) in [5.74, 6) is -0.375. The number of rotatable bonds is 17. The number of halogens is 2. The highest BCUT2D eigenvalue weighted by Crippen LogP contribution is 2.29. The van der Waals surface area contributed by atoms with Crippen LogP contribution in [0.2, 0.25) is 10.0 Å². The first-order chi connectivity index (χ1) is 23.6. The number of nitrogens with zero attached hydrogens (tertiary/aromatic N) is 2. The third-order valence-corrected chi connectivity index (χ3v) is 10.9. The number of thioether (sulfide) groups is 1. The van der Waals surface area contributed by atoms with E-state index in [2.05, 4.69) is 5.32 Å². The van der Waals surface area contributed by atoms with Crippen LogP contribution < -0.4 is 14.4 Å². The summed E-state index contributed by atoms with van der Waals surface area (Å²) in [6, 6.07) is 26.4. The predicted molar refractivity (Wildman–Crippen MR) is 199 cm³/mol. The summed E-state index contributed by atoms with van der Waals surface area (Å²) in [6.07, 6.45) is 3.74. The highest BCUT2D eigenvalue weighted by molar-refractivity contribution is 7.98. The van der Waals surface area contributed by atoms with Crippen molar-refractivity contribution in [3.63, 3.8) is 0 Å². The van der Waals surface area contributed by atoms with Crippen molar-refractivity contribution in [3.05, 3.63) is 118 Å². The molecule has 1 unspecified atom stereocenters. The number of unbranched alkanes of at least 4 members (excludes halogenated alkanes) is 1. The molecule has 260 valence electrons. The molecule has 49 heavy (non-hydrogen) atoms. The summed E-state index contributed by atoms with van der Waals surface area (Å²) in [5.41, 5.74) is 1.66. The molecule has 4 aromatic carbocycles. The Morgan fingerprint density at radius 2 is 1.61 bits per heavy atom. The standard InChI is InChI=1S/C37H41Cl2N3O5S2/c1-4-6-22-40-37(44)35(23-27-10-8-7-9-11-27)41(25-28-12-13-29(38)24-34(28)39)36(43)26-42(30-14-16-31(17-15-30)47-5-2)49(45,46)33-20-18-32(48-3)19-21-33/h7-21,24,35H,4-6,22-23,25-26H2,1-3H3,(H,40,44). The lowest BCUT2D eigenvalue weighted by Crippen LogP contribution is -2.53. The Morgan fingerprint density at radius 1 is 0.918 bits per heavy atom. The van der Waals surface area contributed by atoms with Crippen molar-refractivity contribution in [3.8, 4) is 5.75 Å². The number of amides is 2. The minimum absolute atomic E-state index is 0.0254. The van der Waals surface area contributed by atoms with Gasteiger partial charge < -0.3 is 15.0 Å². The van der Waals surface area contributed by atoms with Crippen LogP contribution >= 0.6 is 35.0 Å². The van der Waals surface area contributed by atoms with Gasteiger partial charge in [-0.2, -0.15) is 0 Å². The molecule has 0 fully saturated rings. The maximum Gasteiger partial charge on any atom is 0.264 e. The van der Waals surface area contributed by atoms with Crippen LogP contribution in [0.15, 0.2) is 107 Å². The molecule has 4 rings (SSSR count). The highest BCUT2D eigenvalue weighted by Gasteiger charge is 2.35. The molecular weight excluding hydrogens is 701 g/mol. The zero-order chi connectivity index (χ0) is 35.4. The first kappa shape index (κ1) is 38.1. The van der Waals surface area contributed by atoms with E-state index in [9.17, 15) is 18.0 Å². The molecule has 0 aliphatic carbocycles. The van der Waals surface area contributed by atoms with Gasteiger partial charge >= 0.3 is 0 Å². The van der Waals surface area contributed by atoms with Crippen molar-refractivity contribution in [1.29, 1.82) is 0 Å². The monoisotopic (exact) mass is 741 g/mol.